The van der Waals surface area contributed by atoms with E-state index in [9.17, 15) is 24.6 Å². The monoisotopic (exact) mass is 799 g/mol. The predicted molar refractivity (Wildman–Crippen MR) is 203 cm³/mol. The first-order valence-electron chi connectivity index (χ1n) is 20.1. The van der Waals surface area contributed by atoms with Crippen molar-refractivity contribution in [3.8, 4) is 0 Å². The van der Waals surface area contributed by atoms with Crippen molar-refractivity contribution in [2.45, 2.75) is 193 Å². The third-order valence-corrected chi connectivity index (χ3v) is 12.5. The van der Waals surface area contributed by atoms with E-state index in [2.05, 4.69) is 0 Å². The maximum absolute atomic E-state index is 14.4. The Labute approximate surface area is 332 Å². The number of hydrogen-bond acceptors (Lipinski definition) is 15. The minimum Gasteiger partial charge on any atom is -0.488 e. The van der Waals surface area contributed by atoms with Gasteiger partial charge in [-0.1, -0.05) is 20.8 Å². The van der Waals surface area contributed by atoms with Gasteiger partial charge < -0.3 is 57.7 Å². The molecule has 15 heteroatoms. The van der Waals surface area contributed by atoms with Gasteiger partial charge in [0.1, 0.15) is 47.0 Å². The fourth-order valence-corrected chi connectivity index (χ4v) is 9.50. The largest absolute Gasteiger partial charge is 0.488 e. The first-order chi connectivity index (χ1) is 25.9. The predicted octanol–water partition coefficient (Wildman–Crippen LogP) is 4.03. The molecule has 0 aromatic carbocycles. The van der Waals surface area contributed by atoms with Crippen molar-refractivity contribution in [3.05, 3.63) is 11.3 Å². The van der Waals surface area contributed by atoms with E-state index in [1.165, 1.54) is 27.9 Å². The summed E-state index contributed by atoms with van der Waals surface area (Å²) >= 11 is 0. The van der Waals surface area contributed by atoms with Gasteiger partial charge in [0.05, 0.1) is 30.1 Å². The van der Waals surface area contributed by atoms with Crippen LogP contribution in [0.5, 0.6) is 0 Å². The van der Waals surface area contributed by atoms with Crippen molar-refractivity contribution in [2.24, 2.45) is 17.8 Å². The number of carbonyl (C=O) groups is 3. The Kier molecular flexibility index (Phi) is 14.8. The summed E-state index contributed by atoms with van der Waals surface area (Å²) in [6.07, 6.45) is -7.54. The minimum atomic E-state index is -1.85. The molecule has 322 valence electrons. The lowest BCUT2D eigenvalue weighted by Crippen LogP contribution is -2.60. The highest BCUT2D eigenvalue weighted by molar-refractivity contribution is 5.73. The Hall–Kier alpha value is -2.37. The highest BCUT2D eigenvalue weighted by Crippen LogP contribution is 2.48. The topological polar surface area (TPSA) is 178 Å². The smallest absolute Gasteiger partial charge is 0.311 e. The zero-order valence-electron chi connectivity index (χ0n) is 36.2. The Morgan fingerprint density at radius 1 is 0.929 bits per heavy atom. The van der Waals surface area contributed by atoms with Crippen molar-refractivity contribution in [1.82, 2.24) is 4.90 Å². The van der Waals surface area contributed by atoms with Crippen molar-refractivity contribution in [3.63, 3.8) is 0 Å². The third-order valence-electron chi connectivity index (χ3n) is 12.5. The fraction of sp³-hybridized carbons (Fsp3) is 0.878. The molecule has 0 radical (unpaired) electrons. The second-order valence-electron chi connectivity index (χ2n) is 17.5. The molecule has 17 atom stereocenters. The number of aliphatic hydroxyl groups is 2. The van der Waals surface area contributed by atoms with Crippen LogP contribution in [0.4, 0.5) is 0 Å². The summed E-state index contributed by atoms with van der Waals surface area (Å²) in [5.41, 5.74) is -3.14. The summed E-state index contributed by atoms with van der Waals surface area (Å²) in [4.78, 5) is 41.0. The van der Waals surface area contributed by atoms with Crippen LogP contribution in [0.2, 0.25) is 0 Å². The van der Waals surface area contributed by atoms with E-state index < -0.39 is 108 Å². The van der Waals surface area contributed by atoms with Gasteiger partial charge in [0, 0.05) is 45.8 Å². The van der Waals surface area contributed by atoms with Crippen LogP contribution in [0.1, 0.15) is 109 Å². The van der Waals surface area contributed by atoms with Gasteiger partial charge in [0.2, 0.25) is 0 Å². The van der Waals surface area contributed by atoms with Gasteiger partial charge in [-0.25, -0.2) is 0 Å². The van der Waals surface area contributed by atoms with Crippen molar-refractivity contribution in [1.29, 1.82) is 0 Å². The van der Waals surface area contributed by atoms with E-state index in [4.69, 9.17) is 42.6 Å². The molecule has 4 heterocycles. The number of ether oxygens (including phenoxy) is 9. The summed E-state index contributed by atoms with van der Waals surface area (Å²) in [5, 5.41) is 23.9. The summed E-state index contributed by atoms with van der Waals surface area (Å²) in [6, 6.07) is -0.269. The van der Waals surface area contributed by atoms with E-state index in [0.29, 0.717) is 18.6 Å². The van der Waals surface area contributed by atoms with Crippen molar-refractivity contribution in [2.75, 3.05) is 21.2 Å². The number of methoxy groups -OCH3 is 1. The van der Waals surface area contributed by atoms with Crippen molar-refractivity contribution < 1.29 is 67.2 Å². The number of rotatable bonds is 9. The second-order valence-corrected chi connectivity index (χ2v) is 17.5. The van der Waals surface area contributed by atoms with Crippen LogP contribution in [-0.4, -0.2) is 138 Å². The van der Waals surface area contributed by atoms with Crippen LogP contribution in [0, 0.1) is 17.8 Å². The Morgan fingerprint density at radius 3 is 2.09 bits per heavy atom. The standard InChI is InChI=1S/C41H69NO14/c1-16-29-41(12,47)35(51-26(8)43)22(4)32-20(2)18-40(11,56-32)34(55-38-31(45)28(42(13)14)17-21(3)49-38)23(5)33(24(6)37(46)53-29)54-30-19-39(10,48-15)36(25(7)50-30)52-27(9)44/h21-25,28-31,33-36,38,45,47H,16-19H2,1-15H3/t21-,22+,23+,24-,25+,28+,29-,30+,31-,33+,34-,35-,36+,38+,39-,40-,41-/m1/s1. The molecule has 3 fully saturated rings. The van der Waals surface area contributed by atoms with Crippen LogP contribution >= 0.6 is 0 Å². The zero-order valence-corrected chi connectivity index (χ0v) is 36.2. The molecule has 56 heavy (non-hydrogen) atoms. The first kappa shape index (κ1) is 46.3. The molecule has 4 rings (SSSR count). The number of aliphatic hydroxyl groups excluding tert-OH is 1. The summed E-state index contributed by atoms with van der Waals surface area (Å²) in [5.74, 6) is -3.59. The van der Waals surface area contributed by atoms with Crippen LogP contribution in [-0.2, 0) is 57.0 Å². The third kappa shape index (κ3) is 9.56. The van der Waals surface area contributed by atoms with E-state index in [-0.39, 0.29) is 25.0 Å². The molecular weight excluding hydrogens is 730 g/mol. The Morgan fingerprint density at radius 2 is 1.54 bits per heavy atom. The molecule has 2 bridgehead atoms. The number of hydrogen-bond donors (Lipinski definition) is 2. The van der Waals surface area contributed by atoms with E-state index >= 15 is 0 Å². The number of cyclic esters (lactones) is 1. The van der Waals surface area contributed by atoms with Crippen molar-refractivity contribution >= 4 is 17.9 Å². The number of nitrogens with zero attached hydrogens (tertiary/aromatic N) is 1. The van der Waals surface area contributed by atoms with E-state index in [1.54, 1.807) is 20.8 Å². The van der Waals surface area contributed by atoms with Crippen LogP contribution in [0.15, 0.2) is 11.3 Å². The SMILES string of the molecule is CC[C@H]1OC(=O)[C@H](C)[C@@H](O[C@H]2C[C@@](C)(OC)[C@@H](OC(C)=O)[C@H](C)O2)[C@H](C)[C@@H](O[C@@H]2O[C@H](C)C[C@H](N(C)C)[C@H]2O)[C@@]2(C)CC(C)=C(O2)[C@H](C)[C@@H](OC(C)=O)[C@]1(C)O. The Balaban J connectivity index is 1.87. The van der Waals surface area contributed by atoms with Crippen LogP contribution in [0.3, 0.4) is 0 Å². The Bertz CT molecular complexity index is 1440. The maximum atomic E-state index is 14.4. The minimum absolute atomic E-state index is 0.140. The second kappa shape index (κ2) is 17.9. The molecule has 0 spiro atoms. The normalized spacial score (nSPS) is 45.2. The molecule has 4 aliphatic rings. The van der Waals surface area contributed by atoms with Gasteiger partial charge in [0.25, 0.3) is 0 Å². The molecular formula is C41H69NO14. The van der Waals surface area contributed by atoms with Gasteiger partial charge in [-0.05, 0) is 81.0 Å². The van der Waals surface area contributed by atoms with Crippen LogP contribution in [0.25, 0.3) is 0 Å². The molecule has 3 saturated heterocycles. The summed E-state index contributed by atoms with van der Waals surface area (Å²) in [6.45, 7) is 20.6. The number of likely N-dealkylation sites (N-methyl/N-ethyl adjacent to an activating group) is 1. The quantitative estimate of drug-likeness (QED) is 0.252. The zero-order chi connectivity index (χ0) is 42.2. The lowest BCUT2D eigenvalue weighted by atomic mass is 9.78. The number of carbonyl (C=O) groups excluding carboxylic acids is 3. The highest BCUT2D eigenvalue weighted by atomic mass is 16.7. The van der Waals surface area contributed by atoms with Gasteiger partial charge in [0.15, 0.2) is 18.7 Å². The van der Waals surface area contributed by atoms with Gasteiger partial charge in [-0.3, -0.25) is 14.4 Å². The average Bonchev–Trinajstić information content (AvgIpc) is 3.42. The molecule has 0 unspecified atom stereocenters. The molecule has 4 aliphatic heterocycles. The number of fused-ring (bicyclic) bond motifs is 2. The van der Waals surface area contributed by atoms with Gasteiger partial charge in [-0.15, -0.1) is 0 Å². The van der Waals surface area contributed by atoms with E-state index in [1.807, 2.05) is 60.5 Å². The number of esters is 3. The summed E-state index contributed by atoms with van der Waals surface area (Å²) in [7, 11) is 5.32. The first-order valence-corrected chi connectivity index (χ1v) is 20.1. The fourth-order valence-electron chi connectivity index (χ4n) is 9.50. The molecule has 0 aromatic rings. The van der Waals surface area contributed by atoms with Crippen LogP contribution < -0.4 is 0 Å². The molecule has 15 nitrogen and oxygen atoms in total. The van der Waals surface area contributed by atoms with Gasteiger partial charge in [-0.2, -0.15) is 0 Å². The molecule has 0 aromatic heterocycles. The summed E-state index contributed by atoms with van der Waals surface area (Å²) < 4.78 is 57.0. The highest BCUT2D eigenvalue weighted by Gasteiger charge is 2.57. The molecule has 0 aliphatic carbocycles. The molecule has 0 saturated carbocycles. The molecule has 2 N–H and O–H groups in total. The van der Waals surface area contributed by atoms with Gasteiger partial charge >= 0.3 is 17.9 Å². The maximum Gasteiger partial charge on any atom is 0.311 e. The lowest BCUT2D eigenvalue weighted by Gasteiger charge is -2.49. The van der Waals surface area contributed by atoms with E-state index in [0.717, 1.165) is 5.57 Å². The average molecular weight is 800 g/mol. The lowest BCUT2D eigenvalue weighted by molar-refractivity contribution is -0.317. The molecule has 0 amide bonds.